The molecule has 2 saturated heterocycles. The van der Waals surface area contributed by atoms with Gasteiger partial charge in [0.1, 0.15) is 5.82 Å². The van der Waals surface area contributed by atoms with Crippen molar-refractivity contribution in [2.24, 2.45) is 0 Å². The van der Waals surface area contributed by atoms with Crippen LogP contribution in [0.25, 0.3) is 0 Å². The molecule has 0 unspecified atom stereocenters. The molecule has 0 radical (unpaired) electrons. The second-order valence-corrected chi connectivity index (χ2v) is 7.23. The second kappa shape index (κ2) is 6.81. The summed E-state index contributed by atoms with van der Waals surface area (Å²) in [5, 5.41) is 3.88. The van der Waals surface area contributed by atoms with Crippen molar-refractivity contribution in [1.82, 2.24) is 10.3 Å². The summed E-state index contributed by atoms with van der Waals surface area (Å²) >= 11 is 2.10. The van der Waals surface area contributed by atoms with Crippen molar-refractivity contribution in [3.05, 3.63) is 23.9 Å². The lowest BCUT2D eigenvalue weighted by Crippen LogP contribution is -2.47. The van der Waals surface area contributed by atoms with Crippen LogP contribution in [0.3, 0.4) is 0 Å². The largest absolute Gasteiger partial charge is 0.357 e. The Balaban J connectivity index is 1.47. The molecule has 0 bridgehead atoms. The summed E-state index contributed by atoms with van der Waals surface area (Å²) in [6.07, 6.45) is 7.17. The van der Waals surface area contributed by atoms with Crippen LogP contribution >= 0.6 is 11.8 Å². The maximum absolute atomic E-state index is 4.55. The molecule has 0 saturated carbocycles. The molecule has 0 spiro atoms. The summed E-state index contributed by atoms with van der Waals surface area (Å²) in [5.74, 6) is 3.82. The van der Waals surface area contributed by atoms with Gasteiger partial charge in [-0.25, -0.2) is 4.98 Å². The summed E-state index contributed by atoms with van der Waals surface area (Å²) in [6, 6.07) is 5.79. The van der Waals surface area contributed by atoms with Crippen LogP contribution < -0.4 is 10.2 Å². The number of rotatable bonds is 3. The monoisotopic (exact) mass is 291 g/mol. The lowest BCUT2D eigenvalue weighted by Gasteiger charge is -2.36. The summed E-state index contributed by atoms with van der Waals surface area (Å²) in [5.41, 5.74) is 1.24. The highest BCUT2D eigenvalue weighted by Crippen LogP contribution is 2.21. The zero-order valence-corrected chi connectivity index (χ0v) is 13.2. The SMILES string of the molecule is Cc1ccc(N2CCC(NC3CCSCC3)CC2)nc1. The molecule has 0 amide bonds. The Morgan fingerprint density at radius 3 is 2.45 bits per heavy atom. The van der Waals surface area contributed by atoms with Gasteiger partial charge in [-0.3, -0.25) is 0 Å². The first-order valence-electron chi connectivity index (χ1n) is 7.82. The van der Waals surface area contributed by atoms with Crippen LogP contribution in [0.2, 0.25) is 0 Å². The Morgan fingerprint density at radius 1 is 1.10 bits per heavy atom. The van der Waals surface area contributed by atoms with Gasteiger partial charge < -0.3 is 10.2 Å². The first-order chi connectivity index (χ1) is 9.81. The van der Waals surface area contributed by atoms with Gasteiger partial charge in [0.25, 0.3) is 0 Å². The third-order valence-corrected chi connectivity index (χ3v) is 5.46. The van der Waals surface area contributed by atoms with E-state index < -0.39 is 0 Å². The predicted molar refractivity (Wildman–Crippen MR) is 87.7 cm³/mol. The minimum Gasteiger partial charge on any atom is -0.357 e. The van der Waals surface area contributed by atoms with Crippen LogP contribution in [0.5, 0.6) is 0 Å². The number of aromatic nitrogens is 1. The standard InChI is InChI=1S/C16H25N3S/c1-13-2-3-16(17-12-13)19-8-4-14(5-9-19)18-15-6-10-20-11-7-15/h2-3,12,14-15,18H,4-11H2,1H3. The Kier molecular flexibility index (Phi) is 4.84. The Hall–Kier alpha value is -0.740. The van der Waals surface area contributed by atoms with Gasteiger partial charge >= 0.3 is 0 Å². The number of hydrogen-bond donors (Lipinski definition) is 1. The van der Waals surface area contributed by atoms with Gasteiger partial charge in [-0.2, -0.15) is 11.8 Å². The Labute approximate surface area is 126 Å². The normalized spacial score (nSPS) is 22.1. The van der Waals surface area contributed by atoms with E-state index in [1.54, 1.807) is 0 Å². The van der Waals surface area contributed by atoms with Gasteiger partial charge in [-0.05, 0) is 55.7 Å². The van der Waals surface area contributed by atoms with Crippen LogP contribution in [0, 0.1) is 6.92 Å². The van der Waals surface area contributed by atoms with E-state index in [-0.39, 0.29) is 0 Å². The Morgan fingerprint density at radius 2 is 1.80 bits per heavy atom. The number of hydrogen-bond acceptors (Lipinski definition) is 4. The number of aryl methyl sites for hydroxylation is 1. The van der Waals surface area contributed by atoms with E-state index in [2.05, 4.69) is 46.0 Å². The molecule has 2 fully saturated rings. The lowest BCUT2D eigenvalue weighted by molar-refractivity contribution is 0.353. The van der Waals surface area contributed by atoms with E-state index >= 15 is 0 Å². The molecule has 4 heteroatoms. The molecular weight excluding hydrogens is 266 g/mol. The number of thioether (sulfide) groups is 1. The van der Waals surface area contributed by atoms with E-state index in [1.807, 2.05) is 6.20 Å². The quantitative estimate of drug-likeness (QED) is 0.927. The van der Waals surface area contributed by atoms with E-state index in [9.17, 15) is 0 Å². The maximum Gasteiger partial charge on any atom is 0.128 e. The van der Waals surface area contributed by atoms with Crippen molar-refractivity contribution in [3.8, 4) is 0 Å². The minimum absolute atomic E-state index is 0.713. The molecule has 0 aliphatic carbocycles. The third kappa shape index (κ3) is 3.67. The molecule has 0 atom stereocenters. The fourth-order valence-corrected chi connectivity index (χ4v) is 4.23. The van der Waals surface area contributed by atoms with E-state index in [0.29, 0.717) is 6.04 Å². The third-order valence-electron chi connectivity index (χ3n) is 4.41. The van der Waals surface area contributed by atoms with Crippen LogP contribution in [-0.2, 0) is 0 Å². The fraction of sp³-hybridized carbons (Fsp3) is 0.688. The molecule has 0 aromatic carbocycles. The van der Waals surface area contributed by atoms with Crippen molar-refractivity contribution < 1.29 is 0 Å². The highest BCUT2D eigenvalue weighted by molar-refractivity contribution is 7.99. The van der Waals surface area contributed by atoms with E-state index in [0.717, 1.165) is 24.9 Å². The zero-order chi connectivity index (χ0) is 13.8. The number of nitrogens with zero attached hydrogens (tertiary/aromatic N) is 2. The first kappa shape index (κ1) is 14.2. The molecule has 1 aromatic rings. The predicted octanol–water partition coefficient (Wildman–Crippen LogP) is 2.84. The molecule has 110 valence electrons. The van der Waals surface area contributed by atoms with Crippen molar-refractivity contribution in [2.75, 3.05) is 29.5 Å². The highest BCUT2D eigenvalue weighted by atomic mass is 32.2. The van der Waals surface area contributed by atoms with Crippen LogP contribution in [0.4, 0.5) is 5.82 Å². The second-order valence-electron chi connectivity index (χ2n) is 6.01. The van der Waals surface area contributed by atoms with Gasteiger partial charge in [0.05, 0.1) is 0 Å². The summed E-state index contributed by atoms with van der Waals surface area (Å²) in [6.45, 7) is 4.36. The lowest BCUT2D eigenvalue weighted by atomic mass is 10.0. The molecule has 1 aromatic heterocycles. The molecule has 2 aliphatic rings. The van der Waals surface area contributed by atoms with Crippen LogP contribution in [0.15, 0.2) is 18.3 Å². The van der Waals surface area contributed by atoms with Crippen molar-refractivity contribution in [2.45, 2.75) is 44.7 Å². The molecule has 3 heterocycles. The van der Waals surface area contributed by atoms with Crippen molar-refractivity contribution in [1.29, 1.82) is 0 Å². The van der Waals surface area contributed by atoms with Gasteiger partial charge in [0.15, 0.2) is 0 Å². The Bertz CT molecular complexity index is 406. The molecule has 2 aliphatic heterocycles. The number of pyridine rings is 1. The van der Waals surface area contributed by atoms with Crippen LogP contribution in [-0.4, -0.2) is 41.7 Å². The number of piperidine rings is 1. The average molecular weight is 291 g/mol. The zero-order valence-electron chi connectivity index (χ0n) is 12.3. The summed E-state index contributed by atoms with van der Waals surface area (Å²) in [7, 11) is 0. The molecule has 3 rings (SSSR count). The first-order valence-corrected chi connectivity index (χ1v) is 8.98. The van der Waals surface area contributed by atoms with Gasteiger partial charge in [0.2, 0.25) is 0 Å². The smallest absolute Gasteiger partial charge is 0.128 e. The van der Waals surface area contributed by atoms with Gasteiger partial charge in [-0.15, -0.1) is 0 Å². The molecule has 1 N–H and O–H groups in total. The number of anilines is 1. The minimum atomic E-state index is 0.713. The van der Waals surface area contributed by atoms with Crippen LogP contribution in [0.1, 0.15) is 31.2 Å². The topological polar surface area (TPSA) is 28.2 Å². The molecule has 20 heavy (non-hydrogen) atoms. The molecule has 3 nitrogen and oxygen atoms in total. The van der Waals surface area contributed by atoms with Gasteiger partial charge in [-0.1, -0.05) is 6.07 Å². The maximum atomic E-state index is 4.55. The van der Waals surface area contributed by atoms with Gasteiger partial charge in [0, 0.05) is 31.4 Å². The summed E-state index contributed by atoms with van der Waals surface area (Å²) in [4.78, 5) is 6.97. The highest BCUT2D eigenvalue weighted by Gasteiger charge is 2.23. The fourth-order valence-electron chi connectivity index (χ4n) is 3.12. The molecular formula is C16H25N3S. The summed E-state index contributed by atoms with van der Waals surface area (Å²) < 4.78 is 0. The van der Waals surface area contributed by atoms with E-state index in [1.165, 1.54) is 42.8 Å². The van der Waals surface area contributed by atoms with E-state index in [4.69, 9.17) is 0 Å². The van der Waals surface area contributed by atoms with Crippen molar-refractivity contribution >= 4 is 17.6 Å². The van der Waals surface area contributed by atoms with Crippen molar-refractivity contribution in [3.63, 3.8) is 0 Å². The number of nitrogens with one attached hydrogen (secondary N) is 1. The average Bonchev–Trinajstić information content (AvgIpc) is 2.50.